The average molecular weight is 416 g/mol. The van der Waals surface area contributed by atoms with E-state index in [1.165, 1.54) is 14.2 Å². The van der Waals surface area contributed by atoms with Crippen molar-refractivity contribution in [2.24, 2.45) is 0 Å². The first-order valence-corrected chi connectivity index (χ1v) is 9.58. The summed E-state index contributed by atoms with van der Waals surface area (Å²) in [5.74, 6) is -0.712. The van der Waals surface area contributed by atoms with Crippen LogP contribution in [0.3, 0.4) is 0 Å². The zero-order valence-electron chi connectivity index (χ0n) is 17.0. The highest BCUT2D eigenvalue weighted by Crippen LogP contribution is 2.35. The molecule has 0 aliphatic heterocycles. The maximum atomic E-state index is 11.9. The van der Waals surface area contributed by atoms with Gasteiger partial charge in [-0.05, 0) is 57.9 Å². The normalized spacial score (nSPS) is 10.9. The van der Waals surface area contributed by atoms with Crippen molar-refractivity contribution < 1.29 is 29.3 Å². The van der Waals surface area contributed by atoms with Crippen molar-refractivity contribution in [3.63, 3.8) is 0 Å². The number of benzene rings is 4. The van der Waals surface area contributed by atoms with E-state index in [1.807, 2.05) is 0 Å². The van der Waals surface area contributed by atoms with Crippen LogP contribution in [0, 0.1) is 0 Å². The minimum absolute atomic E-state index is 0.0842. The molecular formula is C25H20O6. The van der Waals surface area contributed by atoms with Gasteiger partial charge in [0.2, 0.25) is 0 Å². The molecule has 6 heteroatoms. The third kappa shape index (κ3) is 3.64. The van der Waals surface area contributed by atoms with E-state index >= 15 is 0 Å². The van der Waals surface area contributed by atoms with Gasteiger partial charge in [0.05, 0.1) is 25.3 Å². The van der Waals surface area contributed by atoms with E-state index in [1.54, 1.807) is 60.7 Å². The Hall–Kier alpha value is -4.06. The van der Waals surface area contributed by atoms with Gasteiger partial charge >= 0.3 is 11.9 Å². The molecule has 0 aliphatic carbocycles. The third-order valence-corrected chi connectivity index (χ3v) is 5.41. The highest BCUT2D eigenvalue weighted by Gasteiger charge is 2.16. The smallest absolute Gasteiger partial charge is 0.337 e. The zero-order chi connectivity index (χ0) is 22.1. The first-order chi connectivity index (χ1) is 14.9. The van der Waals surface area contributed by atoms with Gasteiger partial charge in [0, 0.05) is 17.5 Å². The molecule has 6 nitrogen and oxygen atoms in total. The zero-order valence-corrected chi connectivity index (χ0v) is 17.0. The Morgan fingerprint density at radius 3 is 1.48 bits per heavy atom. The van der Waals surface area contributed by atoms with Gasteiger partial charge < -0.3 is 19.7 Å². The van der Waals surface area contributed by atoms with Crippen LogP contribution in [-0.4, -0.2) is 36.4 Å². The standard InChI is InChI=1S/C25H20O6/c1-30-24(28)16-3-7-18-14(11-16)5-9-22(26)20(18)13-21-19-8-4-17(25(29)31-2)12-15(19)6-10-23(21)27/h3-12,26-27H,13H2,1-2H3. The van der Waals surface area contributed by atoms with Gasteiger partial charge in [-0.15, -0.1) is 0 Å². The predicted molar refractivity (Wildman–Crippen MR) is 117 cm³/mol. The van der Waals surface area contributed by atoms with E-state index in [0.717, 1.165) is 21.5 Å². The predicted octanol–water partition coefficient (Wildman–Crippen LogP) is 4.57. The summed E-state index contributed by atoms with van der Waals surface area (Å²) in [6, 6.07) is 16.8. The van der Waals surface area contributed by atoms with E-state index in [9.17, 15) is 19.8 Å². The summed E-state index contributed by atoms with van der Waals surface area (Å²) in [5.41, 5.74) is 2.06. The third-order valence-electron chi connectivity index (χ3n) is 5.41. The minimum Gasteiger partial charge on any atom is -0.508 e. The second-order valence-electron chi connectivity index (χ2n) is 7.16. The van der Waals surface area contributed by atoms with E-state index in [4.69, 9.17) is 9.47 Å². The van der Waals surface area contributed by atoms with Crippen molar-refractivity contribution in [2.45, 2.75) is 6.42 Å². The number of methoxy groups -OCH3 is 2. The molecule has 4 aromatic rings. The number of carbonyl (C=O) groups is 2. The maximum absolute atomic E-state index is 11.9. The molecule has 0 unspecified atom stereocenters. The van der Waals surface area contributed by atoms with Gasteiger partial charge in [-0.2, -0.15) is 0 Å². The number of rotatable bonds is 4. The monoisotopic (exact) mass is 416 g/mol. The van der Waals surface area contributed by atoms with E-state index in [2.05, 4.69) is 0 Å². The van der Waals surface area contributed by atoms with Crippen molar-refractivity contribution in [1.29, 1.82) is 0 Å². The van der Waals surface area contributed by atoms with Gasteiger partial charge in [-0.25, -0.2) is 9.59 Å². The second kappa shape index (κ2) is 7.99. The molecule has 0 aromatic heterocycles. The van der Waals surface area contributed by atoms with Crippen molar-refractivity contribution in [3.05, 3.63) is 82.9 Å². The molecule has 0 saturated carbocycles. The molecule has 4 aromatic carbocycles. The molecule has 0 spiro atoms. The van der Waals surface area contributed by atoms with Gasteiger partial charge in [-0.3, -0.25) is 0 Å². The molecule has 0 amide bonds. The first kappa shape index (κ1) is 20.2. The summed E-state index contributed by atoms with van der Waals surface area (Å²) in [5, 5.41) is 24.2. The Morgan fingerprint density at radius 2 is 1.10 bits per heavy atom. The van der Waals surface area contributed by atoms with Gasteiger partial charge in [0.1, 0.15) is 11.5 Å². The van der Waals surface area contributed by atoms with Crippen LogP contribution in [-0.2, 0) is 15.9 Å². The summed E-state index contributed by atoms with van der Waals surface area (Å²) in [6.07, 6.45) is 0.251. The summed E-state index contributed by atoms with van der Waals surface area (Å²) in [4.78, 5) is 23.7. The molecule has 0 radical (unpaired) electrons. The van der Waals surface area contributed by atoms with Crippen molar-refractivity contribution in [2.75, 3.05) is 14.2 Å². The van der Waals surface area contributed by atoms with Crippen molar-refractivity contribution in [1.82, 2.24) is 0 Å². The summed E-state index contributed by atoms with van der Waals surface area (Å²) in [7, 11) is 2.65. The molecule has 2 N–H and O–H groups in total. The fraction of sp³-hybridized carbons (Fsp3) is 0.120. The highest BCUT2D eigenvalue weighted by atomic mass is 16.5. The van der Waals surface area contributed by atoms with Gasteiger partial charge in [0.15, 0.2) is 0 Å². The van der Waals surface area contributed by atoms with Gasteiger partial charge in [0.25, 0.3) is 0 Å². The Labute approximate surface area is 178 Å². The minimum atomic E-state index is -0.440. The fourth-order valence-electron chi connectivity index (χ4n) is 3.80. The first-order valence-electron chi connectivity index (χ1n) is 9.58. The number of carbonyl (C=O) groups excluding carboxylic acids is 2. The number of phenols is 2. The number of hydrogen-bond acceptors (Lipinski definition) is 6. The van der Waals surface area contributed by atoms with Crippen LogP contribution in [0.15, 0.2) is 60.7 Å². The lowest BCUT2D eigenvalue weighted by Gasteiger charge is -2.14. The number of fused-ring (bicyclic) bond motifs is 2. The SMILES string of the molecule is COC(=O)c1ccc2c(Cc3c(O)ccc4cc(C(=O)OC)ccc34)c(O)ccc2c1. The largest absolute Gasteiger partial charge is 0.508 e. The summed E-state index contributed by atoms with van der Waals surface area (Å²) < 4.78 is 9.56. The quantitative estimate of drug-likeness (QED) is 0.474. The molecule has 0 heterocycles. The van der Waals surface area contributed by atoms with Gasteiger partial charge in [-0.1, -0.05) is 24.3 Å². The van der Waals surface area contributed by atoms with Crippen LogP contribution in [0.25, 0.3) is 21.5 Å². The summed E-state index contributed by atoms with van der Waals surface area (Å²) >= 11 is 0. The number of aromatic hydroxyl groups is 2. The molecule has 0 fully saturated rings. The lowest BCUT2D eigenvalue weighted by molar-refractivity contribution is 0.0592. The molecule has 0 atom stereocenters. The van der Waals surface area contributed by atoms with E-state index < -0.39 is 11.9 Å². The number of ether oxygens (including phenoxy) is 2. The topological polar surface area (TPSA) is 93.1 Å². The summed E-state index contributed by atoms with van der Waals surface area (Å²) in [6.45, 7) is 0. The van der Waals surface area contributed by atoms with Crippen LogP contribution >= 0.6 is 0 Å². The van der Waals surface area contributed by atoms with Crippen LogP contribution in [0.4, 0.5) is 0 Å². The molecule has 4 rings (SSSR count). The van der Waals surface area contributed by atoms with Crippen LogP contribution < -0.4 is 0 Å². The van der Waals surface area contributed by atoms with E-state index in [0.29, 0.717) is 22.3 Å². The lowest BCUT2D eigenvalue weighted by Crippen LogP contribution is -2.02. The fourth-order valence-corrected chi connectivity index (χ4v) is 3.80. The van der Waals surface area contributed by atoms with Crippen molar-refractivity contribution in [3.8, 4) is 11.5 Å². The Bertz CT molecular complexity index is 1240. The van der Waals surface area contributed by atoms with E-state index in [-0.39, 0.29) is 17.9 Å². The molecule has 0 aliphatic rings. The van der Waals surface area contributed by atoms with Crippen LogP contribution in [0.1, 0.15) is 31.8 Å². The van der Waals surface area contributed by atoms with Crippen LogP contribution in [0.5, 0.6) is 11.5 Å². The van der Waals surface area contributed by atoms with Crippen molar-refractivity contribution >= 4 is 33.5 Å². The molecule has 0 bridgehead atoms. The number of esters is 2. The second-order valence-corrected chi connectivity index (χ2v) is 7.16. The highest BCUT2D eigenvalue weighted by molar-refractivity contribution is 5.99. The Kier molecular flexibility index (Phi) is 5.21. The number of phenolic OH excluding ortho intramolecular Hbond substituents is 2. The molecule has 0 saturated heterocycles. The Balaban J connectivity index is 1.85. The average Bonchev–Trinajstić information content (AvgIpc) is 2.80. The molecule has 31 heavy (non-hydrogen) atoms. The molecular weight excluding hydrogens is 396 g/mol. The Morgan fingerprint density at radius 1 is 0.677 bits per heavy atom. The number of hydrogen-bond donors (Lipinski definition) is 2. The van der Waals surface area contributed by atoms with Crippen LogP contribution in [0.2, 0.25) is 0 Å². The lowest BCUT2D eigenvalue weighted by atomic mass is 9.92. The molecule has 156 valence electrons. The maximum Gasteiger partial charge on any atom is 0.337 e.